The van der Waals surface area contributed by atoms with Crippen LogP contribution in [0.25, 0.3) is 0 Å². The molecule has 40 heavy (non-hydrogen) atoms. The Morgan fingerprint density at radius 2 is 1.85 bits per heavy atom. The lowest BCUT2D eigenvalue weighted by molar-refractivity contribution is -0.144. The predicted octanol–water partition coefficient (Wildman–Crippen LogP) is 4.41. The minimum Gasteiger partial charge on any atom is -0.493 e. The van der Waals surface area contributed by atoms with Gasteiger partial charge in [-0.1, -0.05) is 25.5 Å². The van der Waals surface area contributed by atoms with Crippen molar-refractivity contribution in [3.8, 4) is 5.75 Å². The first-order valence-corrected chi connectivity index (χ1v) is 15.6. The molecule has 8 nitrogen and oxygen atoms in total. The summed E-state index contributed by atoms with van der Waals surface area (Å²) in [6.45, 7) is 7.03. The van der Waals surface area contributed by atoms with Crippen molar-refractivity contribution in [1.82, 2.24) is 14.7 Å². The van der Waals surface area contributed by atoms with Crippen LogP contribution in [0.4, 0.5) is 0 Å². The molecule has 1 aromatic carbocycles. The highest BCUT2D eigenvalue weighted by molar-refractivity contribution is 5.79. The van der Waals surface area contributed by atoms with Gasteiger partial charge in [-0.2, -0.15) is 0 Å². The fourth-order valence-electron chi connectivity index (χ4n) is 6.73. The average Bonchev–Trinajstić information content (AvgIpc) is 3.56. The van der Waals surface area contributed by atoms with E-state index >= 15 is 0 Å². The number of carbonyl (C=O) groups is 2. The van der Waals surface area contributed by atoms with E-state index < -0.39 is 11.9 Å². The van der Waals surface area contributed by atoms with Gasteiger partial charge >= 0.3 is 5.97 Å². The van der Waals surface area contributed by atoms with Crippen molar-refractivity contribution in [1.29, 1.82) is 0 Å². The molecule has 1 aromatic rings. The van der Waals surface area contributed by atoms with E-state index in [1.165, 1.54) is 6.42 Å². The van der Waals surface area contributed by atoms with Crippen LogP contribution in [-0.4, -0.2) is 104 Å². The average molecular weight is 558 g/mol. The van der Waals surface area contributed by atoms with E-state index in [9.17, 15) is 14.7 Å². The van der Waals surface area contributed by atoms with Crippen LogP contribution in [0, 0.1) is 5.92 Å². The Morgan fingerprint density at radius 1 is 1.05 bits per heavy atom. The number of carboxylic acid groups (broad SMARTS) is 1. The molecule has 0 aliphatic carbocycles. The third-order valence-electron chi connectivity index (χ3n) is 8.99. The second-order valence-electron chi connectivity index (χ2n) is 12.2. The largest absolute Gasteiger partial charge is 0.493 e. The van der Waals surface area contributed by atoms with Gasteiger partial charge in [0.05, 0.1) is 25.2 Å². The highest BCUT2D eigenvalue weighted by atomic mass is 16.5. The Morgan fingerprint density at radius 3 is 2.58 bits per heavy atom. The lowest BCUT2D eigenvalue weighted by atomic mass is 9.82. The standard InChI is InChI=1S/C32H51N3O5/c1-4-5-17-34(18-8-7-16-33(2)3)30(36)23-35-22-27(24-11-14-29-25(21-24)15-20-40-29)31(32(37)38)28(35)13-12-26-10-6-9-19-39-26/h11,14,21,26-28,31H,4-10,12-13,15-20,22-23H2,1-3H3,(H,37,38)/t26?,27-,28+,31?/m1/s1. The van der Waals surface area contributed by atoms with Crippen molar-refractivity contribution in [3.63, 3.8) is 0 Å². The number of likely N-dealkylation sites (tertiary alicyclic amines) is 1. The molecule has 1 amide bonds. The Bertz CT molecular complexity index is 964. The lowest BCUT2D eigenvalue weighted by Gasteiger charge is -2.31. The topological polar surface area (TPSA) is 82.5 Å². The number of ether oxygens (including phenoxy) is 2. The molecule has 0 bridgehead atoms. The third-order valence-corrected chi connectivity index (χ3v) is 8.99. The summed E-state index contributed by atoms with van der Waals surface area (Å²) in [5, 5.41) is 10.5. The fraction of sp³-hybridized carbons (Fsp3) is 0.750. The zero-order chi connectivity index (χ0) is 28.5. The predicted molar refractivity (Wildman–Crippen MR) is 157 cm³/mol. The van der Waals surface area contributed by atoms with Gasteiger partial charge in [-0.25, -0.2) is 0 Å². The molecular formula is C32H51N3O5. The maximum absolute atomic E-state index is 13.7. The van der Waals surface area contributed by atoms with Gasteiger partial charge in [0.1, 0.15) is 5.75 Å². The molecule has 2 fully saturated rings. The molecule has 2 saturated heterocycles. The number of aliphatic carboxylic acids is 1. The number of amides is 1. The molecule has 0 spiro atoms. The van der Waals surface area contributed by atoms with Crippen LogP contribution in [0.15, 0.2) is 18.2 Å². The van der Waals surface area contributed by atoms with Crippen LogP contribution in [0.1, 0.15) is 81.8 Å². The number of nitrogens with zero attached hydrogens (tertiary/aromatic N) is 3. The summed E-state index contributed by atoms with van der Waals surface area (Å²) < 4.78 is 11.7. The summed E-state index contributed by atoms with van der Waals surface area (Å²) in [7, 11) is 4.16. The first-order chi connectivity index (χ1) is 19.4. The van der Waals surface area contributed by atoms with Crippen molar-refractivity contribution in [2.45, 2.75) is 89.2 Å². The zero-order valence-electron chi connectivity index (χ0n) is 25.0. The Labute approximate surface area is 241 Å². The van der Waals surface area contributed by atoms with Gasteiger partial charge in [-0.3, -0.25) is 14.5 Å². The van der Waals surface area contributed by atoms with Gasteiger partial charge in [0.15, 0.2) is 0 Å². The summed E-state index contributed by atoms with van der Waals surface area (Å²) in [6, 6.07) is 5.99. The number of hydrogen-bond acceptors (Lipinski definition) is 6. The van der Waals surface area contributed by atoms with Crippen LogP contribution in [0.2, 0.25) is 0 Å². The Balaban J connectivity index is 1.51. The van der Waals surface area contributed by atoms with Crippen molar-refractivity contribution in [2.24, 2.45) is 5.92 Å². The minimum absolute atomic E-state index is 0.129. The molecule has 3 heterocycles. The maximum Gasteiger partial charge on any atom is 0.308 e. The van der Waals surface area contributed by atoms with Crippen LogP contribution in [-0.2, 0) is 20.7 Å². The third kappa shape index (κ3) is 8.20. The van der Waals surface area contributed by atoms with Crippen LogP contribution < -0.4 is 4.74 Å². The van der Waals surface area contributed by atoms with E-state index in [0.717, 1.165) is 101 Å². The Kier molecular flexibility index (Phi) is 11.7. The van der Waals surface area contributed by atoms with Crippen LogP contribution in [0.5, 0.6) is 5.75 Å². The fourth-order valence-corrected chi connectivity index (χ4v) is 6.73. The molecular weight excluding hydrogens is 506 g/mol. The van der Waals surface area contributed by atoms with Crippen molar-refractivity contribution >= 4 is 11.9 Å². The molecule has 4 atom stereocenters. The normalized spacial score (nSPS) is 24.7. The SMILES string of the molecule is CCCCN(CCCCN(C)C)C(=O)CN1C[C@H](c2ccc3c(c2)CCO3)C(C(=O)O)[C@@H]1CCC1CCCCO1. The van der Waals surface area contributed by atoms with Gasteiger partial charge in [0, 0.05) is 44.6 Å². The molecule has 0 saturated carbocycles. The summed E-state index contributed by atoms with van der Waals surface area (Å²) in [6.07, 6.45) is 9.99. The highest BCUT2D eigenvalue weighted by Gasteiger charge is 2.47. The summed E-state index contributed by atoms with van der Waals surface area (Å²) in [5.41, 5.74) is 2.21. The molecule has 224 valence electrons. The van der Waals surface area contributed by atoms with E-state index in [4.69, 9.17) is 9.47 Å². The molecule has 3 aliphatic heterocycles. The second-order valence-corrected chi connectivity index (χ2v) is 12.2. The van der Waals surface area contributed by atoms with E-state index in [2.05, 4.69) is 36.9 Å². The number of benzene rings is 1. The molecule has 1 N–H and O–H groups in total. The van der Waals surface area contributed by atoms with E-state index in [1.54, 1.807) is 0 Å². The number of hydrogen-bond donors (Lipinski definition) is 1. The van der Waals surface area contributed by atoms with Crippen LogP contribution >= 0.6 is 0 Å². The van der Waals surface area contributed by atoms with E-state index in [1.807, 2.05) is 17.0 Å². The number of rotatable bonds is 15. The van der Waals surface area contributed by atoms with E-state index in [-0.39, 0.29) is 30.5 Å². The lowest BCUT2D eigenvalue weighted by Crippen LogP contribution is -2.45. The first-order valence-electron chi connectivity index (χ1n) is 15.6. The molecule has 4 rings (SSSR count). The maximum atomic E-state index is 13.7. The molecule has 3 aliphatic rings. The summed E-state index contributed by atoms with van der Waals surface area (Å²) in [5.74, 6) is -0.437. The van der Waals surface area contributed by atoms with Gasteiger partial charge in [0.2, 0.25) is 5.91 Å². The molecule has 0 aromatic heterocycles. The first kappa shape index (κ1) is 30.8. The van der Waals surface area contributed by atoms with Gasteiger partial charge in [-0.15, -0.1) is 0 Å². The smallest absolute Gasteiger partial charge is 0.308 e. The van der Waals surface area contributed by atoms with Gasteiger partial charge < -0.3 is 24.4 Å². The summed E-state index contributed by atoms with van der Waals surface area (Å²) in [4.78, 5) is 33.0. The quantitative estimate of drug-likeness (QED) is 0.320. The van der Waals surface area contributed by atoms with Crippen molar-refractivity contribution < 1.29 is 24.2 Å². The zero-order valence-corrected chi connectivity index (χ0v) is 25.0. The van der Waals surface area contributed by atoms with Crippen molar-refractivity contribution in [2.75, 3.05) is 60.0 Å². The number of carboxylic acids is 1. The van der Waals surface area contributed by atoms with Crippen molar-refractivity contribution in [3.05, 3.63) is 29.3 Å². The molecule has 0 radical (unpaired) electrons. The van der Waals surface area contributed by atoms with E-state index in [0.29, 0.717) is 13.2 Å². The molecule has 8 heteroatoms. The second kappa shape index (κ2) is 15.2. The van der Waals surface area contributed by atoms with Gasteiger partial charge in [-0.05, 0) is 89.2 Å². The van der Waals surface area contributed by atoms with Gasteiger partial charge in [0.25, 0.3) is 0 Å². The minimum atomic E-state index is -0.766. The van der Waals surface area contributed by atoms with Crippen LogP contribution in [0.3, 0.4) is 0 Å². The highest BCUT2D eigenvalue weighted by Crippen LogP contribution is 2.41. The summed E-state index contributed by atoms with van der Waals surface area (Å²) >= 11 is 0. The number of carbonyl (C=O) groups excluding carboxylic acids is 1. The number of unbranched alkanes of at least 4 members (excludes halogenated alkanes) is 2. The molecule has 2 unspecified atom stereocenters. The monoisotopic (exact) mass is 557 g/mol. The Hall–Kier alpha value is -2.16. The number of fused-ring (bicyclic) bond motifs is 1.